The highest BCUT2D eigenvalue weighted by Crippen LogP contribution is 2.36. The number of nitrogens with one attached hydrogen (secondary N) is 1. The summed E-state index contributed by atoms with van der Waals surface area (Å²) in [5.41, 5.74) is 1.19. The van der Waals surface area contributed by atoms with Crippen molar-refractivity contribution in [3.05, 3.63) is 33.7 Å². The van der Waals surface area contributed by atoms with Crippen LogP contribution in [0.1, 0.15) is 17.8 Å². The van der Waals surface area contributed by atoms with E-state index >= 15 is 0 Å². The van der Waals surface area contributed by atoms with Crippen LogP contribution in [0.5, 0.6) is 0 Å². The van der Waals surface area contributed by atoms with E-state index in [2.05, 4.69) is 5.32 Å². The molecule has 2 aliphatic rings. The third-order valence-corrected chi connectivity index (χ3v) is 4.43. The Bertz CT molecular complexity index is 582. The first kappa shape index (κ1) is 14.1. The second-order valence-electron chi connectivity index (χ2n) is 4.68. The van der Waals surface area contributed by atoms with E-state index in [9.17, 15) is 9.59 Å². The van der Waals surface area contributed by atoms with Crippen LogP contribution >= 0.6 is 11.3 Å². The monoisotopic (exact) mass is 308 g/mol. The van der Waals surface area contributed by atoms with Gasteiger partial charge >= 0.3 is 12.0 Å². The number of amides is 2. The number of cyclic esters (lactones) is 1. The van der Waals surface area contributed by atoms with Crippen LogP contribution in [0.15, 0.2) is 28.8 Å². The molecular formula is C14H16N2O4S. The second-order valence-corrected chi connectivity index (χ2v) is 5.66. The Hall–Kier alpha value is -1.86. The van der Waals surface area contributed by atoms with Crippen LogP contribution in [0.25, 0.3) is 0 Å². The van der Waals surface area contributed by atoms with Crippen LogP contribution in [0.4, 0.5) is 4.79 Å². The summed E-state index contributed by atoms with van der Waals surface area (Å²) in [4.78, 5) is 26.8. The molecule has 0 aliphatic carbocycles. The quantitative estimate of drug-likeness (QED) is 0.663. The summed E-state index contributed by atoms with van der Waals surface area (Å²) in [6.07, 6.45) is 0. The zero-order chi connectivity index (χ0) is 14.8. The molecule has 1 aromatic rings. The summed E-state index contributed by atoms with van der Waals surface area (Å²) in [6.45, 7) is 3.48. The van der Waals surface area contributed by atoms with Gasteiger partial charge in [0.2, 0.25) is 0 Å². The minimum atomic E-state index is -0.411. The molecule has 0 spiro atoms. The third-order valence-electron chi connectivity index (χ3n) is 3.49. The van der Waals surface area contributed by atoms with Crippen LogP contribution in [0, 0.1) is 0 Å². The molecule has 21 heavy (non-hydrogen) atoms. The molecule has 1 N–H and O–H groups in total. The van der Waals surface area contributed by atoms with Crippen LogP contribution in [0.2, 0.25) is 0 Å². The Morgan fingerprint density at radius 2 is 2.38 bits per heavy atom. The average Bonchev–Trinajstić information content (AvgIpc) is 3.11. The first-order valence-corrected chi connectivity index (χ1v) is 7.69. The highest BCUT2D eigenvalue weighted by Gasteiger charge is 2.42. The Kier molecular flexibility index (Phi) is 3.94. The number of rotatable bonds is 5. The Morgan fingerprint density at radius 1 is 1.52 bits per heavy atom. The summed E-state index contributed by atoms with van der Waals surface area (Å²) in [6, 6.07) is 3.17. The molecule has 112 valence electrons. The number of hydrogen-bond donors (Lipinski definition) is 1. The van der Waals surface area contributed by atoms with E-state index in [1.165, 1.54) is 11.3 Å². The Labute approximate surface area is 126 Å². The normalized spacial score (nSPS) is 21.4. The summed E-state index contributed by atoms with van der Waals surface area (Å²) in [7, 11) is 0. The van der Waals surface area contributed by atoms with Gasteiger partial charge < -0.3 is 14.8 Å². The Morgan fingerprint density at radius 3 is 3.10 bits per heavy atom. The van der Waals surface area contributed by atoms with E-state index in [0.29, 0.717) is 31.0 Å². The summed E-state index contributed by atoms with van der Waals surface area (Å²) in [5, 5.41) is 4.80. The van der Waals surface area contributed by atoms with E-state index in [0.717, 1.165) is 4.88 Å². The first-order valence-electron chi connectivity index (χ1n) is 6.81. The lowest BCUT2D eigenvalue weighted by Gasteiger charge is -2.32. The van der Waals surface area contributed by atoms with Gasteiger partial charge in [-0.3, -0.25) is 4.90 Å². The maximum atomic E-state index is 12.3. The maximum Gasteiger partial charge on any atom is 0.338 e. The second kappa shape index (κ2) is 5.87. The van der Waals surface area contributed by atoms with Gasteiger partial charge in [0.1, 0.15) is 6.61 Å². The number of esters is 1. The summed E-state index contributed by atoms with van der Waals surface area (Å²) >= 11 is 1.51. The number of carbonyl (C=O) groups excluding carboxylic acids is 2. The van der Waals surface area contributed by atoms with Gasteiger partial charge in [-0.2, -0.15) is 0 Å². The molecule has 0 fully saturated rings. The smallest absolute Gasteiger partial charge is 0.338 e. The minimum Gasteiger partial charge on any atom is -0.456 e. The number of ether oxygens (including phenoxy) is 2. The van der Waals surface area contributed by atoms with Crippen molar-refractivity contribution >= 4 is 23.3 Å². The van der Waals surface area contributed by atoms with Crippen molar-refractivity contribution < 1.29 is 19.1 Å². The molecule has 3 heterocycles. The largest absolute Gasteiger partial charge is 0.456 e. The van der Waals surface area contributed by atoms with E-state index in [-0.39, 0.29) is 18.6 Å². The number of carbonyl (C=O) groups is 2. The molecule has 0 saturated heterocycles. The van der Waals surface area contributed by atoms with E-state index in [1.54, 1.807) is 4.90 Å². The first-order chi connectivity index (χ1) is 10.2. The molecule has 2 amide bonds. The predicted octanol–water partition coefficient (Wildman–Crippen LogP) is 1.66. The van der Waals surface area contributed by atoms with Gasteiger partial charge in [0.15, 0.2) is 0 Å². The standard InChI is InChI=1S/C14H16N2O4S/c1-2-19-6-5-16-9-8-20-13(17)11(9)12(15-14(16)18)10-4-3-7-21-10/h3-4,7,12H,2,5-6,8H2,1H3,(H,15,18)/t12-/m1/s1. The Balaban J connectivity index is 1.91. The number of nitrogens with zero attached hydrogens (tertiary/aromatic N) is 1. The van der Waals surface area contributed by atoms with Gasteiger partial charge in [0.05, 0.1) is 30.5 Å². The lowest BCUT2D eigenvalue weighted by Crippen LogP contribution is -2.48. The highest BCUT2D eigenvalue weighted by atomic mass is 32.1. The summed E-state index contributed by atoms with van der Waals surface area (Å²) < 4.78 is 10.4. The zero-order valence-electron chi connectivity index (χ0n) is 11.6. The molecule has 0 unspecified atom stereocenters. The zero-order valence-corrected chi connectivity index (χ0v) is 12.4. The lowest BCUT2D eigenvalue weighted by molar-refractivity contribution is -0.136. The fraction of sp³-hybridized carbons (Fsp3) is 0.429. The van der Waals surface area contributed by atoms with Crippen LogP contribution in [0.3, 0.4) is 0 Å². The highest BCUT2D eigenvalue weighted by molar-refractivity contribution is 7.10. The van der Waals surface area contributed by atoms with E-state index < -0.39 is 6.04 Å². The van der Waals surface area contributed by atoms with Crippen molar-refractivity contribution in [2.45, 2.75) is 13.0 Å². The van der Waals surface area contributed by atoms with Crippen molar-refractivity contribution in [3.63, 3.8) is 0 Å². The fourth-order valence-corrected chi connectivity index (χ4v) is 3.30. The molecule has 0 saturated carbocycles. The maximum absolute atomic E-state index is 12.3. The number of urea groups is 1. The molecule has 0 aromatic carbocycles. The van der Waals surface area contributed by atoms with Crippen molar-refractivity contribution in [2.75, 3.05) is 26.4 Å². The topological polar surface area (TPSA) is 67.9 Å². The van der Waals surface area contributed by atoms with Crippen LogP contribution in [-0.4, -0.2) is 43.3 Å². The third kappa shape index (κ3) is 2.54. The fourth-order valence-electron chi connectivity index (χ4n) is 2.52. The SMILES string of the molecule is CCOCCN1C(=O)N[C@H](c2cccs2)C2=C1COC2=O. The molecule has 0 bridgehead atoms. The van der Waals surface area contributed by atoms with Gasteiger partial charge in [-0.1, -0.05) is 6.07 Å². The minimum absolute atomic E-state index is 0.148. The predicted molar refractivity (Wildman–Crippen MR) is 76.8 cm³/mol. The van der Waals surface area contributed by atoms with Gasteiger partial charge in [-0.25, -0.2) is 9.59 Å². The van der Waals surface area contributed by atoms with Gasteiger partial charge in [-0.15, -0.1) is 11.3 Å². The molecule has 2 aliphatic heterocycles. The van der Waals surface area contributed by atoms with Crippen molar-refractivity contribution in [2.24, 2.45) is 0 Å². The average molecular weight is 308 g/mol. The van der Waals surface area contributed by atoms with Gasteiger partial charge in [-0.05, 0) is 18.4 Å². The summed E-state index contributed by atoms with van der Waals surface area (Å²) in [5.74, 6) is -0.357. The molecule has 3 rings (SSSR count). The molecule has 1 aromatic heterocycles. The van der Waals surface area contributed by atoms with E-state index in [1.807, 2.05) is 24.4 Å². The van der Waals surface area contributed by atoms with Crippen molar-refractivity contribution in [1.29, 1.82) is 0 Å². The molecular weight excluding hydrogens is 292 g/mol. The molecule has 7 heteroatoms. The van der Waals surface area contributed by atoms with Gasteiger partial charge in [0.25, 0.3) is 0 Å². The number of hydrogen-bond acceptors (Lipinski definition) is 5. The van der Waals surface area contributed by atoms with Crippen LogP contribution in [-0.2, 0) is 14.3 Å². The van der Waals surface area contributed by atoms with Crippen molar-refractivity contribution in [3.8, 4) is 0 Å². The lowest BCUT2D eigenvalue weighted by atomic mass is 10.0. The molecule has 1 atom stereocenters. The van der Waals surface area contributed by atoms with E-state index in [4.69, 9.17) is 9.47 Å². The van der Waals surface area contributed by atoms with Crippen LogP contribution < -0.4 is 5.32 Å². The van der Waals surface area contributed by atoms with Gasteiger partial charge in [0, 0.05) is 11.5 Å². The van der Waals surface area contributed by atoms with Crippen molar-refractivity contribution in [1.82, 2.24) is 10.2 Å². The number of thiophene rings is 1. The molecule has 6 nitrogen and oxygen atoms in total. The molecule has 0 radical (unpaired) electrons.